The van der Waals surface area contributed by atoms with Crippen LogP contribution in [0.1, 0.15) is 54.3 Å². The fraction of sp³-hybridized carbons (Fsp3) is 0.385. The van der Waals surface area contributed by atoms with Crippen LogP contribution < -0.4 is 10.1 Å². The average molecular weight is 514 g/mol. The highest BCUT2D eigenvalue weighted by Crippen LogP contribution is 2.32. The Morgan fingerprint density at radius 2 is 1.74 bits per heavy atom. The Labute approximate surface area is 211 Å². The van der Waals surface area contributed by atoms with Gasteiger partial charge in [0.05, 0.1) is 17.2 Å². The molecule has 0 radical (unpaired) electrons. The molecule has 186 valence electrons. The highest BCUT2D eigenvalue weighted by molar-refractivity contribution is 7.89. The maximum atomic E-state index is 13.0. The first kappa shape index (κ1) is 25.3. The number of aryl methyl sites for hydroxylation is 1. The fourth-order valence-corrected chi connectivity index (χ4v) is 6.59. The molecule has 1 aliphatic carbocycles. The number of carbonyl (C=O) groups excluding carboxylic acids is 1. The number of hydrogen-bond acceptors (Lipinski definition) is 6. The Morgan fingerprint density at radius 3 is 2.37 bits per heavy atom. The molecule has 0 unspecified atom stereocenters. The molecule has 0 saturated heterocycles. The summed E-state index contributed by atoms with van der Waals surface area (Å²) in [5, 5.41) is 3.33. The lowest BCUT2D eigenvalue weighted by Gasteiger charge is -2.30. The van der Waals surface area contributed by atoms with E-state index in [-0.39, 0.29) is 16.8 Å². The Hall–Kier alpha value is -2.75. The monoisotopic (exact) mass is 513 g/mol. The number of ether oxygens (including phenoxy) is 1. The van der Waals surface area contributed by atoms with Crippen LogP contribution in [0, 0.1) is 6.92 Å². The van der Waals surface area contributed by atoms with Gasteiger partial charge in [-0.25, -0.2) is 13.4 Å². The van der Waals surface area contributed by atoms with Gasteiger partial charge in [-0.1, -0.05) is 19.3 Å². The van der Waals surface area contributed by atoms with Crippen molar-refractivity contribution >= 4 is 32.4 Å². The molecule has 0 atom stereocenters. The summed E-state index contributed by atoms with van der Waals surface area (Å²) in [5.74, 6) is 0.467. The normalized spacial score (nSPS) is 14.7. The summed E-state index contributed by atoms with van der Waals surface area (Å²) < 4.78 is 33.1. The summed E-state index contributed by atoms with van der Waals surface area (Å²) >= 11 is 1.40. The van der Waals surface area contributed by atoms with Gasteiger partial charge in [0.2, 0.25) is 10.0 Å². The average Bonchev–Trinajstić information content (AvgIpc) is 3.24. The first-order valence-corrected chi connectivity index (χ1v) is 14.2. The van der Waals surface area contributed by atoms with E-state index < -0.39 is 10.0 Å². The van der Waals surface area contributed by atoms with Crippen molar-refractivity contribution in [1.29, 1.82) is 0 Å². The van der Waals surface area contributed by atoms with Crippen LogP contribution in [0.4, 0.5) is 5.13 Å². The number of thiazole rings is 1. The molecule has 1 fully saturated rings. The number of sulfonamides is 1. The Balaban J connectivity index is 1.44. The third-order valence-electron chi connectivity index (χ3n) is 6.34. The molecule has 0 aliphatic heterocycles. The van der Waals surface area contributed by atoms with E-state index in [2.05, 4.69) is 10.3 Å². The number of rotatable bonds is 8. The molecule has 1 aromatic heterocycles. The first-order chi connectivity index (χ1) is 16.8. The van der Waals surface area contributed by atoms with Crippen LogP contribution in [0.2, 0.25) is 0 Å². The van der Waals surface area contributed by atoms with Crippen LogP contribution in [0.3, 0.4) is 0 Å². The van der Waals surface area contributed by atoms with Crippen molar-refractivity contribution in [2.75, 3.05) is 19.0 Å². The van der Waals surface area contributed by atoms with Crippen molar-refractivity contribution < 1.29 is 17.9 Å². The zero-order valence-electron chi connectivity index (χ0n) is 20.3. The SMILES string of the molecule is CCOc1ccc(-c2nc(NC(=O)c3ccc(S(=O)(=O)N(C)C4CCCCC4)cc3)sc2C)cc1. The second-order valence-corrected chi connectivity index (χ2v) is 11.9. The minimum Gasteiger partial charge on any atom is -0.494 e. The van der Waals surface area contributed by atoms with Gasteiger partial charge < -0.3 is 4.74 Å². The maximum Gasteiger partial charge on any atom is 0.257 e. The first-order valence-electron chi connectivity index (χ1n) is 11.9. The number of anilines is 1. The summed E-state index contributed by atoms with van der Waals surface area (Å²) in [6.07, 6.45) is 5.05. The van der Waals surface area contributed by atoms with Crippen molar-refractivity contribution in [3.63, 3.8) is 0 Å². The van der Waals surface area contributed by atoms with Crippen LogP contribution in [-0.4, -0.2) is 43.3 Å². The number of carbonyl (C=O) groups is 1. The Bertz CT molecular complexity index is 1260. The third kappa shape index (κ3) is 5.74. The van der Waals surface area contributed by atoms with E-state index in [9.17, 15) is 13.2 Å². The van der Waals surface area contributed by atoms with E-state index in [1.165, 1.54) is 27.8 Å². The lowest BCUT2D eigenvalue weighted by Crippen LogP contribution is -2.38. The number of aromatic nitrogens is 1. The van der Waals surface area contributed by atoms with Crippen LogP contribution >= 0.6 is 11.3 Å². The number of nitrogens with one attached hydrogen (secondary N) is 1. The lowest BCUT2D eigenvalue weighted by molar-refractivity contribution is 0.102. The van der Waals surface area contributed by atoms with E-state index in [0.717, 1.165) is 54.0 Å². The minimum atomic E-state index is -3.60. The maximum absolute atomic E-state index is 13.0. The molecule has 1 saturated carbocycles. The number of benzene rings is 2. The van der Waals surface area contributed by atoms with E-state index in [1.807, 2.05) is 38.1 Å². The van der Waals surface area contributed by atoms with Gasteiger partial charge in [-0.15, -0.1) is 11.3 Å². The molecule has 3 aromatic rings. The standard InChI is InChI=1S/C26H31N3O4S2/c1-4-33-22-14-10-19(11-15-22)24-18(2)34-26(27-24)28-25(30)20-12-16-23(17-13-20)35(31,32)29(3)21-8-6-5-7-9-21/h10-17,21H,4-9H2,1-3H3,(H,27,28,30). The second kappa shape index (κ2) is 10.9. The van der Waals surface area contributed by atoms with E-state index in [1.54, 1.807) is 19.2 Å². The summed E-state index contributed by atoms with van der Waals surface area (Å²) in [4.78, 5) is 18.6. The van der Waals surface area contributed by atoms with Gasteiger partial charge in [0.25, 0.3) is 5.91 Å². The van der Waals surface area contributed by atoms with Crippen LogP contribution in [0.25, 0.3) is 11.3 Å². The molecule has 35 heavy (non-hydrogen) atoms. The molecule has 1 N–H and O–H groups in total. The number of hydrogen-bond donors (Lipinski definition) is 1. The van der Waals surface area contributed by atoms with Crippen molar-refractivity contribution in [2.24, 2.45) is 0 Å². The highest BCUT2D eigenvalue weighted by Gasteiger charge is 2.29. The van der Waals surface area contributed by atoms with Gasteiger partial charge in [0.15, 0.2) is 5.13 Å². The van der Waals surface area contributed by atoms with E-state index >= 15 is 0 Å². The Morgan fingerprint density at radius 1 is 1.09 bits per heavy atom. The summed E-state index contributed by atoms with van der Waals surface area (Å²) in [7, 11) is -1.95. The zero-order valence-corrected chi connectivity index (χ0v) is 21.9. The summed E-state index contributed by atoms with van der Waals surface area (Å²) in [6, 6.07) is 13.8. The fourth-order valence-electron chi connectivity index (χ4n) is 4.35. The molecule has 7 nitrogen and oxygen atoms in total. The summed E-state index contributed by atoms with van der Waals surface area (Å²) in [5.41, 5.74) is 2.12. The molecule has 1 amide bonds. The Kier molecular flexibility index (Phi) is 7.88. The van der Waals surface area contributed by atoms with E-state index in [4.69, 9.17) is 4.74 Å². The molecule has 2 aromatic carbocycles. The molecule has 9 heteroatoms. The molecule has 1 heterocycles. The molecule has 4 rings (SSSR count). The van der Waals surface area contributed by atoms with Crippen molar-refractivity contribution in [1.82, 2.24) is 9.29 Å². The van der Waals surface area contributed by atoms with E-state index in [0.29, 0.717) is 17.3 Å². The van der Waals surface area contributed by atoms with Gasteiger partial charge in [-0.2, -0.15) is 4.31 Å². The molecule has 0 spiro atoms. The minimum absolute atomic E-state index is 0.0365. The molecule has 0 bridgehead atoms. The van der Waals surface area contributed by atoms with Crippen molar-refractivity contribution in [3.8, 4) is 17.0 Å². The topological polar surface area (TPSA) is 88.6 Å². The predicted octanol–water partition coefficient (Wildman–Crippen LogP) is 5.72. The van der Waals surface area contributed by atoms with Crippen LogP contribution in [0.15, 0.2) is 53.4 Å². The molecule has 1 aliphatic rings. The van der Waals surface area contributed by atoms with Crippen LogP contribution in [-0.2, 0) is 10.0 Å². The second-order valence-electron chi connectivity index (χ2n) is 8.67. The van der Waals surface area contributed by atoms with Gasteiger partial charge in [0, 0.05) is 29.1 Å². The van der Waals surface area contributed by atoms with Gasteiger partial charge in [0.1, 0.15) is 5.75 Å². The van der Waals surface area contributed by atoms with Crippen molar-refractivity contribution in [2.45, 2.75) is 56.9 Å². The zero-order chi connectivity index (χ0) is 25.0. The van der Waals surface area contributed by atoms with Gasteiger partial charge >= 0.3 is 0 Å². The lowest BCUT2D eigenvalue weighted by atomic mass is 9.96. The van der Waals surface area contributed by atoms with Gasteiger partial charge in [-0.05, 0) is 75.2 Å². The predicted molar refractivity (Wildman–Crippen MR) is 140 cm³/mol. The quantitative estimate of drug-likeness (QED) is 0.416. The van der Waals surface area contributed by atoms with Crippen LogP contribution in [0.5, 0.6) is 5.75 Å². The molecular weight excluding hydrogens is 482 g/mol. The number of amides is 1. The highest BCUT2D eigenvalue weighted by atomic mass is 32.2. The largest absolute Gasteiger partial charge is 0.494 e. The molecular formula is C26H31N3O4S2. The number of nitrogens with zero attached hydrogens (tertiary/aromatic N) is 2. The summed E-state index contributed by atoms with van der Waals surface area (Å²) in [6.45, 7) is 4.51. The van der Waals surface area contributed by atoms with Gasteiger partial charge in [-0.3, -0.25) is 10.1 Å². The van der Waals surface area contributed by atoms with Crippen molar-refractivity contribution in [3.05, 3.63) is 59.0 Å². The third-order valence-corrected chi connectivity index (χ3v) is 9.15. The smallest absolute Gasteiger partial charge is 0.257 e.